The summed E-state index contributed by atoms with van der Waals surface area (Å²) in [6.45, 7) is -0.622. The lowest BCUT2D eigenvalue weighted by Crippen LogP contribution is -2.61. The molecule has 9 nitrogen and oxygen atoms in total. The zero-order chi connectivity index (χ0) is 15.7. The molecule has 21 heavy (non-hydrogen) atoms. The lowest BCUT2D eigenvalue weighted by atomic mass is 9.95. The minimum Gasteiger partial charge on any atom is -0.394 e. The number of ether oxygens (including phenoxy) is 2. The van der Waals surface area contributed by atoms with Crippen LogP contribution in [-0.2, 0) is 9.47 Å². The maximum Gasteiger partial charge on any atom is 0.187 e. The van der Waals surface area contributed by atoms with Crippen molar-refractivity contribution in [3.8, 4) is 0 Å². The molecule has 0 amide bonds. The van der Waals surface area contributed by atoms with Gasteiger partial charge in [0, 0.05) is 0 Å². The van der Waals surface area contributed by atoms with Gasteiger partial charge >= 0.3 is 0 Å². The second-order valence-corrected chi connectivity index (χ2v) is 5.15. The Hall–Kier alpha value is -0.620. The second-order valence-electron chi connectivity index (χ2n) is 5.15. The summed E-state index contributed by atoms with van der Waals surface area (Å²) < 4.78 is 10.3. The largest absolute Gasteiger partial charge is 0.394 e. The fraction of sp³-hybridized carbons (Fsp3) is 0.833. The van der Waals surface area contributed by atoms with E-state index < -0.39 is 61.7 Å². The van der Waals surface area contributed by atoms with Gasteiger partial charge in [-0.2, -0.15) is 0 Å². The van der Waals surface area contributed by atoms with Crippen molar-refractivity contribution in [2.45, 2.75) is 55.1 Å². The molecule has 7 N–H and O–H groups in total. The average molecular weight is 308 g/mol. The van der Waals surface area contributed by atoms with Gasteiger partial charge in [0.15, 0.2) is 6.29 Å². The van der Waals surface area contributed by atoms with Crippen molar-refractivity contribution >= 4 is 0 Å². The van der Waals surface area contributed by atoms with Gasteiger partial charge < -0.3 is 45.2 Å². The van der Waals surface area contributed by atoms with Crippen LogP contribution in [0.4, 0.5) is 0 Å². The van der Waals surface area contributed by atoms with Gasteiger partial charge in [0.1, 0.15) is 48.8 Å². The third kappa shape index (κ3) is 3.26. The number of hydrogen-bond acceptors (Lipinski definition) is 9. The maximum absolute atomic E-state index is 9.80. The highest BCUT2D eigenvalue weighted by Crippen LogP contribution is 2.26. The Morgan fingerprint density at radius 2 is 1.43 bits per heavy atom. The molecule has 2 aliphatic rings. The summed E-state index contributed by atoms with van der Waals surface area (Å²) in [5.41, 5.74) is 0. The van der Waals surface area contributed by atoms with E-state index in [2.05, 4.69) is 0 Å². The van der Waals surface area contributed by atoms with E-state index in [1.54, 1.807) is 0 Å². The van der Waals surface area contributed by atoms with Crippen LogP contribution in [0.15, 0.2) is 12.2 Å². The molecule has 0 aromatic heterocycles. The highest BCUT2D eigenvalue weighted by molar-refractivity contribution is 5.08. The predicted molar refractivity (Wildman–Crippen MR) is 65.8 cm³/mol. The molecule has 9 unspecified atom stereocenters. The molecular weight excluding hydrogens is 288 g/mol. The number of rotatable bonds is 3. The van der Waals surface area contributed by atoms with Crippen LogP contribution >= 0.6 is 0 Å². The van der Waals surface area contributed by atoms with Gasteiger partial charge in [-0.15, -0.1) is 0 Å². The van der Waals surface area contributed by atoms with Crippen LogP contribution in [0.1, 0.15) is 0 Å². The van der Waals surface area contributed by atoms with Gasteiger partial charge in [-0.05, 0) is 0 Å². The van der Waals surface area contributed by atoms with Crippen LogP contribution < -0.4 is 0 Å². The van der Waals surface area contributed by atoms with Crippen LogP contribution in [0.25, 0.3) is 0 Å². The van der Waals surface area contributed by atoms with E-state index in [-0.39, 0.29) is 0 Å². The molecular formula is C12H20O9. The molecule has 0 spiro atoms. The Balaban J connectivity index is 2.09. The first-order valence-corrected chi connectivity index (χ1v) is 6.55. The fourth-order valence-electron chi connectivity index (χ4n) is 2.34. The third-order valence-corrected chi connectivity index (χ3v) is 3.67. The van der Waals surface area contributed by atoms with Crippen LogP contribution in [0.3, 0.4) is 0 Å². The van der Waals surface area contributed by atoms with Crippen LogP contribution in [0, 0.1) is 0 Å². The Morgan fingerprint density at radius 3 is 2.05 bits per heavy atom. The molecule has 1 aliphatic carbocycles. The van der Waals surface area contributed by atoms with E-state index in [1.807, 2.05) is 0 Å². The molecule has 122 valence electrons. The Kier molecular flexibility index (Phi) is 5.30. The first-order valence-electron chi connectivity index (χ1n) is 6.55. The molecule has 1 aliphatic heterocycles. The SMILES string of the molecule is OCC1OC(OC2C(O)C=CC(O)C2O)C(O)C(O)C1O. The molecule has 2 rings (SSSR count). The molecule has 0 radical (unpaired) electrons. The maximum atomic E-state index is 9.80. The Bertz CT molecular complexity index is 374. The van der Waals surface area contributed by atoms with Crippen LogP contribution in [-0.4, -0.2) is 97.5 Å². The minimum absolute atomic E-state index is 0.622. The van der Waals surface area contributed by atoms with E-state index in [0.29, 0.717) is 0 Å². The first-order chi connectivity index (χ1) is 9.86. The quantitative estimate of drug-likeness (QED) is 0.257. The Labute approximate surface area is 120 Å². The summed E-state index contributed by atoms with van der Waals surface area (Å²) in [7, 11) is 0. The lowest BCUT2D eigenvalue weighted by Gasteiger charge is -2.42. The first kappa shape index (κ1) is 16.7. The monoisotopic (exact) mass is 308 g/mol. The van der Waals surface area contributed by atoms with Crippen molar-refractivity contribution in [2.75, 3.05) is 6.61 Å². The van der Waals surface area contributed by atoms with Gasteiger partial charge in [0.2, 0.25) is 0 Å². The van der Waals surface area contributed by atoms with Crippen molar-refractivity contribution in [3.63, 3.8) is 0 Å². The molecule has 0 aromatic carbocycles. The zero-order valence-electron chi connectivity index (χ0n) is 11.0. The predicted octanol–water partition coefficient (Wildman–Crippen LogP) is -4.18. The molecule has 0 aromatic rings. The van der Waals surface area contributed by atoms with E-state index in [4.69, 9.17) is 14.6 Å². The van der Waals surface area contributed by atoms with Crippen molar-refractivity contribution in [2.24, 2.45) is 0 Å². The van der Waals surface area contributed by atoms with Gasteiger partial charge in [-0.3, -0.25) is 0 Å². The minimum atomic E-state index is -1.65. The zero-order valence-corrected chi connectivity index (χ0v) is 11.0. The van der Waals surface area contributed by atoms with E-state index in [0.717, 1.165) is 0 Å². The third-order valence-electron chi connectivity index (χ3n) is 3.67. The average Bonchev–Trinajstić information content (AvgIpc) is 2.47. The fourth-order valence-corrected chi connectivity index (χ4v) is 2.34. The van der Waals surface area contributed by atoms with E-state index >= 15 is 0 Å². The molecule has 1 fully saturated rings. The van der Waals surface area contributed by atoms with Crippen LogP contribution in [0.2, 0.25) is 0 Å². The Morgan fingerprint density at radius 1 is 0.810 bits per heavy atom. The lowest BCUT2D eigenvalue weighted by molar-refractivity contribution is -0.324. The smallest absolute Gasteiger partial charge is 0.187 e. The molecule has 0 bridgehead atoms. The van der Waals surface area contributed by atoms with Crippen molar-refractivity contribution in [3.05, 3.63) is 12.2 Å². The van der Waals surface area contributed by atoms with Gasteiger partial charge in [0.05, 0.1) is 6.61 Å². The summed E-state index contributed by atoms with van der Waals surface area (Å²) in [6.07, 6.45) is -10.3. The highest BCUT2D eigenvalue weighted by atomic mass is 16.7. The summed E-state index contributed by atoms with van der Waals surface area (Å²) in [5.74, 6) is 0. The van der Waals surface area contributed by atoms with Gasteiger partial charge in [-0.25, -0.2) is 0 Å². The van der Waals surface area contributed by atoms with Crippen molar-refractivity contribution in [1.29, 1.82) is 0 Å². The molecule has 1 saturated heterocycles. The van der Waals surface area contributed by atoms with Crippen molar-refractivity contribution in [1.82, 2.24) is 0 Å². The summed E-state index contributed by atoms with van der Waals surface area (Å²) in [4.78, 5) is 0. The normalized spacial score (nSPS) is 51.1. The molecule has 1 heterocycles. The summed E-state index contributed by atoms with van der Waals surface area (Å²) in [5, 5.41) is 67.1. The van der Waals surface area contributed by atoms with E-state index in [9.17, 15) is 30.6 Å². The van der Waals surface area contributed by atoms with E-state index in [1.165, 1.54) is 12.2 Å². The molecule has 9 atom stereocenters. The molecule has 0 saturated carbocycles. The highest BCUT2D eigenvalue weighted by Gasteiger charge is 2.47. The van der Waals surface area contributed by atoms with Gasteiger partial charge in [0.25, 0.3) is 0 Å². The topological polar surface area (TPSA) is 160 Å². The number of hydrogen-bond donors (Lipinski definition) is 7. The standard InChI is InChI=1S/C12H20O9/c13-3-6-8(17)9(18)10(19)12(20-6)21-11-5(15)2-1-4(14)7(11)16/h1-2,4-19H,3H2. The van der Waals surface area contributed by atoms with Crippen molar-refractivity contribution < 1.29 is 45.2 Å². The summed E-state index contributed by atoms with van der Waals surface area (Å²) >= 11 is 0. The summed E-state index contributed by atoms with van der Waals surface area (Å²) in [6, 6.07) is 0. The number of aliphatic hydroxyl groups excluding tert-OH is 7. The van der Waals surface area contributed by atoms with Crippen LogP contribution in [0.5, 0.6) is 0 Å². The second kappa shape index (κ2) is 6.65. The van der Waals surface area contributed by atoms with Gasteiger partial charge in [-0.1, -0.05) is 12.2 Å². The molecule has 9 heteroatoms. The number of aliphatic hydroxyl groups is 7.